The smallest absolute Gasteiger partial charge is 0.223 e. The quantitative estimate of drug-likeness (QED) is 0.738. The van der Waals surface area contributed by atoms with Gasteiger partial charge < -0.3 is 9.80 Å². The maximum Gasteiger partial charge on any atom is 0.223 e. The lowest BCUT2D eigenvalue weighted by Gasteiger charge is -2.28. The molecule has 1 heterocycles. The van der Waals surface area contributed by atoms with E-state index in [1.165, 1.54) is 6.42 Å². The molecule has 0 aromatic rings. The van der Waals surface area contributed by atoms with E-state index in [1.54, 1.807) is 11.9 Å². The number of carbonyl (C=O) groups is 1. The number of hydrogen-bond donors (Lipinski definition) is 0. The van der Waals surface area contributed by atoms with E-state index >= 15 is 0 Å². The van der Waals surface area contributed by atoms with Gasteiger partial charge in [0.1, 0.15) is 0 Å². The van der Waals surface area contributed by atoms with Crippen LogP contribution >= 0.6 is 0 Å². The summed E-state index contributed by atoms with van der Waals surface area (Å²) in [6.07, 6.45) is 2.13. The first-order chi connectivity index (χ1) is 9.04. The summed E-state index contributed by atoms with van der Waals surface area (Å²) in [4.78, 5) is 18.3. The molecule has 0 aromatic carbocycles. The molecule has 1 saturated heterocycles. The van der Waals surface area contributed by atoms with Crippen LogP contribution in [-0.2, 0) is 4.79 Å². The Labute approximate surface area is 116 Å². The van der Waals surface area contributed by atoms with Crippen molar-refractivity contribution in [1.82, 2.24) is 14.7 Å². The van der Waals surface area contributed by atoms with Crippen molar-refractivity contribution in [2.45, 2.75) is 32.2 Å². The second-order valence-electron chi connectivity index (χ2n) is 5.47. The average Bonchev–Trinajstić information content (AvgIpc) is 2.53. The minimum atomic E-state index is 0.139. The molecule has 0 aromatic heterocycles. The lowest BCUT2D eigenvalue weighted by Crippen LogP contribution is -2.40. The van der Waals surface area contributed by atoms with E-state index in [2.05, 4.69) is 29.8 Å². The van der Waals surface area contributed by atoms with E-state index < -0.39 is 0 Å². The van der Waals surface area contributed by atoms with E-state index in [0.717, 1.165) is 26.2 Å². The fourth-order valence-electron chi connectivity index (χ4n) is 2.53. The molecule has 0 aliphatic carbocycles. The first-order valence-corrected chi connectivity index (χ1v) is 7.08. The van der Waals surface area contributed by atoms with Crippen LogP contribution in [0.15, 0.2) is 0 Å². The minimum absolute atomic E-state index is 0.139. The summed E-state index contributed by atoms with van der Waals surface area (Å²) in [6.45, 7) is 6.86. The van der Waals surface area contributed by atoms with E-state index in [-0.39, 0.29) is 5.91 Å². The number of amides is 1. The van der Waals surface area contributed by atoms with Gasteiger partial charge in [0, 0.05) is 39.1 Å². The molecule has 1 rings (SSSR count). The Kier molecular flexibility index (Phi) is 6.82. The molecule has 1 atom stereocenters. The molecule has 1 unspecified atom stereocenters. The standard InChI is InChI=1S/C14H26N4O/c1-13-12-16(2)8-5-10-18(13)11-6-14(19)17(3)9-4-7-15/h13H,4-6,8-12H2,1-3H3. The van der Waals surface area contributed by atoms with E-state index in [1.807, 2.05) is 0 Å². The van der Waals surface area contributed by atoms with E-state index in [0.29, 0.717) is 25.4 Å². The van der Waals surface area contributed by atoms with Crippen molar-refractivity contribution >= 4 is 5.91 Å². The summed E-state index contributed by atoms with van der Waals surface area (Å²) in [5.74, 6) is 0.139. The molecule has 0 radical (unpaired) electrons. The van der Waals surface area contributed by atoms with Crippen molar-refractivity contribution < 1.29 is 4.79 Å². The summed E-state index contributed by atoms with van der Waals surface area (Å²) in [5.41, 5.74) is 0. The summed E-state index contributed by atoms with van der Waals surface area (Å²) in [6, 6.07) is 2.57. The molecule has 5 heteroatoms. The molecule has 5 nitrogen and oxygen atoms in total. The fourth-order valence-corrected chi connectivity index (χ4v) is 2.53. The molecule has 108 valence electrons. The first-order valence-electron chi connectivity index (χ1n) is 7.08. The zero-order chi connectivity index (χ0) is 14.3. The van der Waals surface area contributed by atoms with Crippen LogP contribution in [0.2, 0.25) is 0 Å². The van der Waals surface area contributed by atoms with Crippen LogP contribution in [0.5, 0.6) is 0 Å². The number of nitriles is 1. The summed E-state index contributed by atoms with van der Waals surface area (Å²) >= 11 is 0. The number of rotatable bonds is 5. The van der Waals surface area contributed by atoms with Gasteiger partial charge in [0.15, 0.2) is 0 Å². The number of hydrogen-bond acceptors (Lipinski definition) is 4. The maximum absolute atomic E-state index is 11.9. The van der Waals surface area contributed by atoms with Gasteiger partial charge in [0.2, 0.25) is 5.91 Å². The van der Waals surface area contributed by atoms with Crippen LogP contribution in [0.4, 0.5) is 0 Å². The molecule has 0 bridgehead atoms. The molecule has 0 saturated carbocycles. The van der Waals surface area contributed by atoms with Crippen molar-refractivity contribution in [2.75, 3.05) is 46.8 Å². The highest BCUT2D eigenvalue weighted by Crippen LogP contribution is 2.09. The fraction of sp³-hybridized carbons (Fsp3) is 0.857. The van der Waals surface area contributed by atoms with Crippen LogP contribution < -0.4 is 0 Å². The molecule has 1 aliphatic rings. The summed E-state index contributed by atoms with van der Waals surface area (Å²) < 4.78 is 0. The van der Waals surface area contributed by atoms with Crippen molar-refractivity contribution in [3.8, 4) is 6.07 Å². The molecule has 1 aliphatic heterocycles. The highest BCUT2D eigenvalue weighted by Gasteiger charge is 2.20. The lowest BCUT2D eigenvalue weighted by atomic mass is 10.2. The predicted molar refractivity (Wildman–Crippen MR) is 75.6 cm³/mol. The van der Waals surface area contributed by atoms with Gasteiger partial charge in [-0.25, -0.2) is 0 Å². The summed E-state index contributed by atoms with van der Waals surface area (Å²) in [5, 5.41) is 8.52. The van der Waals surface area contributed by atoms with Crippen molar-refractivity contribution in [3.63, 3.8) is 0 Å². The number of carbonyl (C=O) groups excluding carboxylic acids is 1. The van der Waals surface area contributed by atoms with Crippen molar-refractivity contribution in [2.24, 2.45) is 0 Å². The van der Waals surface area contributed by atoms with Gasteiger partial charge in [-0.15, -0.1) is 0 Å². The molecule has 0 N–H and O–H groups in total. The third kappa shape index (κ3) is 5.58. The van der Waals surface area contributed by atoms with Crippen LogP contribution in [0.3, 0.4) is 0 Å². The van der Waals surface area contributed by atoms with E-state index in [9.17, 15) is 4.79 Å². The Morgan fingerprint density at radius 3 is 2.89 bits per heavy atom. The molecule has 19 heavy (non-hydrogen) atoms. The highest BCUT2D eigenvalue weighted by molar-refractivity contribution is 5.76. The Balaban J connectivity index is 2.34. The van der Waals surface area contributed by atoms with Gasteiger partial charge in [-0.3, -0.25) is 9.69 Å². The van der Waals surface area contributed by atoms with Gasteiger partial charge in [-0.2, -0.15) is 5.26 Å². The van der Waals surface area contributed by atoms with Gasteiger partial charge in [-0.05, 0) is 33.5 Å². The Bertz CT molecular complexity index is 326. The minimum Gasteiger partial charge on any atom is -0.345 e. The second kappa shape index (κ2) is 8.13. The zero-order valence-electron chi connectivity index (χ0n) is 12.4. The normalized spacial score (nSPS) is 21.7. The molecule has 1 fully saturated rings. The Morgan fingerprint density at radius 2 is 2.21 bits per heavy atom. The molecular formula is C14H26N4O. The maximum atomic E-state index is 11.9. The van der Waals surface area contributed by atoms with Crippen molar-refractivity contribution in [3.05, 3.63) is 0 Å². The van der Waals surface area contributed by atoms with Crippen LogP contribution in [0, 0.1) is 11.3 Å². The average molecular weight is 266 g/mol. The van der Waals surface area contributed by atoms with Crippen LogP contribution in [0.1, 0.15) is 26.2 Å². The van der Waals surface area contributed by atoms with Crippen LogP contribution in [0.25, 0.3) is 0 Å². The zero-order valence-corrected chi connectivity index (χ0v) is 12.4. The van der Waals surface area contributed by atoms with E-state index in [4.69, 9.17) is 5.26 Å². The predicted octanol–water partition coefficient (Wildman–Crippen LogP) is 0.775. The second-order valence-corrected chi connectivity index (χ2v) is 5.47. The third-order valence-electron chi connectivity index (χ3n) is 3.78. The topological polar surface area (TPSA) is 50.6 Å². The number of nitrogens with zero attached hydrogens (tertiary/aromatic N) is 4. The molecular weight excluding hydrogens is 240 g/mol. The monoisotopic (exact) mass is 266 g/mol. The summed E-state index contributed by atoms with van der Waals surface area (Å²) in [7, 11) is 3.93. The Morgan fingerprint density at radius 1 is 1.47 bits per heavy atom. The SMILES string of the molecule is CC1CN(C)CCCN1CCC(=O)N(C)CCC#N. The largest absolute Gasteiger partial charge is 0.345 e. The molecule has 0 spiro atoms. The van der Waals surface area contributed by atoms with Gasteiger partial charge in [-0.1, -0.05) is 0 Å². The van der Waals surface area contributed by atoms with Crippen molar-refractivity contribution in [1.29, 1.82) is 5.26 Å². The van der Waals surface area contributed by atoms with Gasteiger partial charge in [0.25, 0.3) is 0 Å². The first kappa shape index (κ1) is 15.9. The van der Waals surface area contributed by atoms with Gasteiger partial charge in [0.05, 0.1) is 12.5 Å². The lowest BCUT2D eigenvalue weighted by molar-refractivity contribution is -0.130. The number of likely N-dealkylation sites (N-methyl/N-ethyl adjacent to an activating group) is 1. The van der Waals surface area contributed by atoms with Crippen LogP contribution in [-0.4, -0.2) is 73.5 Å². The Hall–Kier alpha value is -1.12. The third-order valence-corrected chi connectivity index (χ3v) is 3.78. The van der Waals surface area contributed by atoms with Gasteiger partial charge >= 0.3 is 0 Å². The molecule has 1 amide bonds. The highest BCUT2D eigenvalue weighted by atomic mass is 16.2.